The molecule has 0 bridgehead atoms. The van der Waals surface area contributed by atoms with Crippen LogP contribution in [0.15, 0.2) is 42.9 Å². The summed E-state index contributed by atoms with van der Waals surface area (Å²) in [6.45, 7) is 1.92. The number of rotatable bonds is 4. The van der Waals surface area contributed by atoms with E-state index < -0.39 is 5.97 Å². The largest absolute Gasteiger partial charge is 0.481 e. The van der Waals surface area contributed by atoms with Crippen LogP contribution in [-0.4, -0.2) is 20.6 Å². The molecule has 0 saturated heterocycles. The van der Waals surface area contributed by atoms with Crippen LogP contribution in [0.5, 0.6) is 0 Å². The predicted molar refractivity (Wildman–Crippen MR) is 63.8 cm³/mol. The third-order valence-corrected chi connectivity index (χ3v) is 2.75. The van der Waals surface area contributed by atoms with Crippen molar-refractivity contribution in [2.24, 2.45) is 0 Å². The molecule has 4 nitrogen and oxygen atoms in total. The number of benzene rings is 1. The topological polar surface area (TPSA) is 55.1 Å². The van der Waals surface area contributed by atoms with Gasteiger partial charge in [0.05, 0.1) is 18.8 Å². The van der Waals surface area contributed by atoms with Crippen LogP contribution in [0.1, 0.15) is 23.7 Å². The fraction of sp³-hybridized carbons (Fsp3) is 0.231. The highest BCUT2D eigenvalue weighted by atomic mass is 16.4. The van der Waals surface area contributed by atoms with Crippen molar-refractivity contribution < 1.29 is 9.90 Å². The van der Waals surface area contributed by atoms with Gasteiger partial charge in [0, 0.05) is 11.9 Å². The van der Waals surface area contributed by atoms with Crippen LogP contribution in [0.4, 0.5) is 0 Å². The molecule has 1 atom stereocenters. The van der Waals surface area contributed by atoms with E-state index in [1.165, 1.54) is 0 Å². The average molecular weight is 230 g/mol. The van der Waals surface area contributed by atoms with E-state index in [1.807, 2.05) is 41.8 Å². The maximum absolute atomic E-state index is 11.0. The van der Waals surface area contributed by atoms with Crippen molar-refractivity contribution >= 4 is 5.97 Å². The zero-order valence-corrected chi connectivity index (χ0v) is 9.58. The molecule has 2 aromatic rings. The van der Waals surface area contributed by atoms with Gasteiger partial charge in [0.2, 0.25) is 0 Å². The number of aryl methyl sites for hydroxylation is 1. The standard InChI is InChI=1S/C13H14N2O2/c1-10-8-14-9-15(10)12(7-13(16)17)11-5-3-2-4-6-11/h2-6,8-9,12H,7H2,1H3,(H,16,17). The fourth-order valence-corrected chi connectivity index (χ4v) is 1.91. The Hall–Kier alpha value is -2.10. The van der Waals surface area contributed by atoms with Crippen LogP contribution in [0.3, 0.4) is 0 Å². The minimum atomic E-state index is -0.813. The maximum Gasteiger partial charge on any atom is 0.305 e. The molecule has 1 aromatic carbocycles. The second-order valence-corrected chi connectivity index (χ2v) is 3.97. The number of carboxylic acids is 1. The average Bonchev–Trinajstić information content (AvgIpc) is 2.73. The number of imidazole rings is 1. The van der Waals surface area contributed by atoms with Crippen molar-refractivity contribution in [2.75, 3.05) is 0 Å². The molecule has 0 saturated carbocycles. The van der Waals surface area contributed by atoms with Crippen molar-refractivity contribution in [1.29, 1.82) is 0 Å². The van der Waals surface area contributed by atoms with Crippen LogP contribution in [0, 0.1) is 6.92 Å². The van der Waals surface area contributed by atoms with Gasteiger partial charge in [-0.1, -0.05) is 30.3 Å². The first-order chi connectivity index (χ1) is 8.18. The lowest BCUT2D eigenvalue weighted by Gasteiger charge is -2.18. The van der Waals surface area contributed by atoms with Gasteiger partial charge in [0.25, 0.3) is 0 Å². The minimum absolute atomic E-state index is 0.0568. The van der Waals surface area contributed by atoms with Crippen LogP contribution < -0.4 is 0 Å². The first kappa shape index (κ1) is 11.4. The van der Waals surface area contributed by atoms with Gasteiger partial charge in [-0.2, -0.15) is 0 Å². The number of aliphatic carboxylic acids is 1. The molecule has 1 N–H and O–H groups in total. The summed E-state index contributed by atoms with van der Waals surface area (Å²) in [5, 5.41) is 9.00. The van der Waals surface area contributed by atoms with Crippen LogP contribution >= 0.6 is 0 Å². The van der Waals surface area contributed by atoms with Crippen molar-refractivity contribution in [3.63, 3.8) is 0 Å². The molecular formula is C13H14N2O2. The van der Waals surface area contributed by atoms with E-state index in [4.69, 9.17) is 5.11 Å². The Labute approximate surface area is 99.5 Å². The van der Waals surface area contributed by atoms with Gasteiger partial charge in [-0.15, -0.1) is 0 Å². The molecule has 0 amide bonds. The SMILES string of the molecule is Cc1cncn1C(CC(=O)O)c1ccccc1. The van der Waals surface area contributed by atoms with Crippen molar-refractivity contribution in [1.82, 2.24) is 9.55 Å². The molecule has 17 heavy (non-hydrogen) atoms. The Morgan fingerprint density at radius 1 is 1.41 bits per heavy atom. The second-order valence-electron chi connectivity index (χ2n) is 3.97. The molecule has 4 heteroatoms. The van der Waals surface area contributed by atoms with Crippen LogP contribution in [0.25, 0.3) is 0 Å². The van der Waals surface area contributed by atoms with Crippen LogP contribution in [0.2, 0.25) is 0 Å². The fourth-order valence-electron chi connectivity index (χ4n) is 1.91. The van der Waals surface area contributed by atoms with Crippen molar-refractivity contribution in [3.8, 4) is 0 Å². The summed E-state index contributed by atoms with van der Waals surface area (Å²) in [5.41, 5.74) is 1.94. The zero-order valence-electron chi connectivity index (χ0n) is 9.58. The number of carboxylic acid groups (broad SMARTS) is 1. The normalized spacial score (nSPS) is 12.3. The summed E-state index contributed by atoms with van der Waals surface area (Å²) < 4.78 is 1.89. The quantitative estimate of drug-likeness (QED) is 0.876. The molecular weight excluding hydrogens is 216 g/mol. The first-order valence-electron chi connectivity index (χ1n) is 5.43. The lowest BCUT2D eigenvalue weighted by molar-refractivity contribution is -0.137. The third-order valence-electron chi connectivity index (χ3n) is 2.75. The summed E-state index contributed by atoms with van der Waals surface area (Å²) in [4.78, 5) is 15.0. The van der Waals surface area contributed by atoms with Crippen molar-refractivity contribution in [3.05, 3.63) is 54.1 Å². The van der Waals surface area contributed by atoms with E-state index in [2.05, 4.69) is 4.98 Å². The van der Waals surface area contributed by atoms with Crippen molar-refractivity contribution in [2.45, 2.75) is 19.4 Å². The van der Waals surface area contributed by atoms with Gasteiger partial charge in [0.1, 0.15) is 0 Å². The smallest absolute Gasteiger partial charge is 0.305 e. The Kier molecular flexibility index (Phi) is 3.23. The molecule has 1 heterocycles. The highest BCUT2D eigenvalue weighted by Gasteiger charge is 2.18. The molecule has 88 valence electrons. The zero-order chi connectivity index (χ0) is 12.3. The molecule has 0 fully saturated rings. The maximum atomic E-state index is 11.0. The number of hydrogen-bond acceptors (Lipinski definition) is 2. The summed E-state index contributed by atoms with van der Waals surface area (Å²) in [6.07, 6.45) is 3.47. The van der Waals surface area contributed by atoms with E-state index in [9.17, 15) is 4.79 Å². The summed E-state index contributed by atoms with van der Waals surface area (Å²) in [7, 11) is 0. The lowest BCUT2D eigenvalue weighted by atomic mass is 10.0. The van der Waals surface area contributed by atoms with E-state index in [0.717, 1.165) is 11.3 Å². The van der Waals surface area contributed by atoms with E-state index >= 15 is 0 Å². The molecule has 0 aliphatic heterocycles. The highest BCUT2D eigenvalue weighted by molar-refractivity contribution is 5.68. The molecule has 1 aromatic heterocycles. The second kappa shape index (κ2) is 4.82. The lowest BCUT2D eigenvalue weighted by Crippen LogP contribution is -2.15. The third kappa shape index (κ3) is 2.53. The van der Waals surface area contributed by atoms with E-state index in [0.29, 0.717) is 0 Å². The Bertz CT molecular complexity index is 505. The van der Waals surface area contributed by atoms with Gasteiger partial charge >= 0.3 is 5.97 Å². The monoisotopic (exact) mass is 230 g/mol. The number of aromatic nitrogens is 2. The Balaban J connectivity index is 2.39. The Morgan fingerprint density at radius 2 is 2.12 bits per heavy atom. The van der Waals surface area contributed by atoms with Gasteiger partial charge < -0.3 is 9.67 Å². The number of nitrogens with zero attached hydrogens (tertiary/aromatic N) is 2. The van der Waals surface area contributed by atoms with E-state index in [-0.39, 0.29) is 12.5 Å². The van der Waals surface area contributed by atoms with Gasteiger partial charge in [-0.25, -0.2) is 4.98 Å². The molecule has 0 aliphatic carbocycles. The summed E-state index contributed by atoms with van der Waals surface area (Å²) in [5.74, 6) is -0.813. The van der Waals surface area contributed by atoms with E-state index in [1.54, 1.807) is 12.5 Å². The summed E-state index contributed by atoms with van der Waals surface area (Å²) >= 11 is 0. The first-order valence-corrected chi connectivity index (χ1v) is 5.43. The molecule has 1 unspecified atom stereocenters. The molecule has 0 radical (unpaired) electrons. The van der Waals surface area contributed by atoms with Gasteiger partial charge in [0.15, 0.2) is 0 Å². The predicted octanol–water partition coefficient (Wildman–Crippen LogP) is 2.26. The molecule has 0 aliphatic rings. The summed E-state index contributed by atoms with van der Waals surface area (Å²) in [6, 6.07) is 9.42. The number of carbonyl (C=O) groups is 1. The minimum Gasteiger partial charge on any atom is -0.481 e. The number of hydrogen-bond donors (Lipinski definition) is 1. The van der Waals surface area contributed by atoms with Gasteiger partial charge in [-0.05, 0) is 12.5 Å². The molecule has 2 rings (SSSR count). The van der Waals surface area contributed by atoms with Crippen LogP contribution in [-0.2, 0) is 4.79 Å². The Morgan fingerprint density at radius 3 is 2.65 bits per heavy atom. The highest BCUT2D eigenvalue weighted by Crippen LogP contribution is 2.23. The molecule has 0 spiro atoms. The van der Waals surface area contributed by atoms with Gasteiger partial charge in [-0.3, -0.25) is 4.79 Å².